The zero-order chi connectivity index (χ0) is 25.3. The summed E-state index contributed by atoms with van der Waals surface area (Å²) in [6.45, 7) is 0. The Kier molecular flexibility index (Phi) is 6.63. The van der Waals surface area contributed by atoms with Crippen LogP contribution >= 0.6 is 0 Å². The second-order valence-electron chi connectivity index (χ2n) is 8.31. The number of halogens is 2. The molecule has 1 aliphatic carbocycles. The van der Waals surface area contributed by atoms with Gasteiger partial charge < -0.3 is 14.6 Å². The van der Waals surface area contributed by atoms with Gasteiger partial charge in [-0.1, -0.05) is 24.3 Å². The summed E-state index contributed by atoms with van der Waals surface area (Å²) in [6, 6.07) is 7.98. The number of benzene rings is 2. The third-order valence-electron chi connectivity index (χ3n) is 6.24. The van der Waals surface area contributed by atoms with Gasteiger partial charge in [0, 0.05) is 25.7 Å². The van der Waals surface area contributed by atoms with Crippen LogP contribution in [0.3, 0.4) is 0 Å². The molecule has 3 aromatic rings. The number of hydrogen-bond acceptors (Lipinski definition) is 5. The number of nitrogens with zero attached hydrogens (tertiary/aromatic N) is 2. The maximum Gasteiger partial charge on any atom is 0.331 e. The van der Waals surface area contributed by atoms with Crippen LogP contribution in [0.4, 0.5) is 8.78 Å². The molecule has 1 amide bonds. The molecular weight excluding hydrogens is 460 g/mol. The first kappa shape index (κ1) is 24.1. The van der Waals surface area contributed by atoms with Crippen molar-refractivity contribution >= 4 is 11.9 Å². The standard InChI is InChI=1S/C25H23F2N3O5/c1-29-12-11-21(31)30(25(29)34)20-10-9-15-14(5-3-6-16(15)20)13-19(24(33)35-2)28-23(32)22-17(26)7-4-8-18(22)27/h3-8,11-12,19-20H,9-10,13H2,1-2H3,(H,28,32)/t19-,20+/m0/s1. The molecule has 182 valence electrons. The molecule has 0 bridgehead atoms. The maximum atomic E-state index is 14.1. The van der Waals surface area contributed by atoms with E-state index in [0.717, 1.165) is 36.4 Å². The molecule has 35 heavy (non-hydrogen) atoms. The predicted octanol–water partition coefficient (Wildman–Crippen LogP) is 1.87. The third-order valence-corrected chi connectivity index (χ3v) is 6.24. The second kappa shape index (κ2) is 9.65. The third kappa shape index (κ3) is 4.51. The van der Waals surface area contributed by atoms with Gasteiger partial charge in [0.15, 0.2) is 0 Å². The Hall–Kier alpha value is -4.08. The van der Waals surface area contributed by atoms with Crippen molar-refractivity contribution < 1.29 is 23.1 Å². The summed E-state index contributed by atoms with van der Waals surface area (Å²) in [4.78, 5) is 50.2. The van der Waals surface area contributed by atoms with Gasteiger partial charge in [0.2, 0.25) is 0 Å². The van der Waals surface area contributed by atoms with E-state index in [4.69, 9.17) is 4.74 Å². The van der Waals surface area contributed by atoms with Crippen LogP contribution in [0.15, 0.2) is 58.3 Å². The molecule has 0 aliphatic heterocycles. The number of amides is 1. The molecule has 8 nitrogen and oxygen atoms in total. The monoisotopic (exact) mass is 483 g/mol. The minimum atomic E-state index is -1.22. The summed E-state index contributed by atoms with van der Waals surface area (Å²) in [6.07, 6.45) is 2.44. The highest BCUT2D eigenvalue weighted by molar-refractivity contribution is 5.97. The van der Waals surface area contributed by atoms with Crippen LogP contribution in [0.5, 0.6) is 0 Å². The molecule has 0 radical (unpaired) electrons. The molecule has 1 N–H and O–H groups in total. The number of methoxy groups -OCH3 is 1. The largest absolute Gasteiger partial charge is 0.467 e. The zero-order valence-corrected chi connectivity index (χ0v) is 19.1. The lowest BCUT2D eigenvalue weighted by molar-refractivity contribution is -0.142. The smallest absolute Gasteiger partial charge is 0.331 e. The van der Waals surface area contributed by atoms with Gasteiger partial charge >= 0.3 is 11.7 Å². The number of fused-ring (bicyclic) bond motifs is 1. The number of ether oxygens (including phenoxy) is 1. The average Bonchev–Trinajstić information content (AvgIpc) is 3.25. The van der Waals surface area contributed by atoms with Crippen LogP contribution < -0.4 is 16.6 Å². The fourth-order valence-corrected chi connectivity index (χ4v) is 4.54. The van der Waals surface area contributed by atoms with E-state index in [0.29, 0.717) is 18.4 Å². The number of aromatic nitrogens is 2. The van der Waals surface area contributed by atoms with E-state index in [9.17, 15) is 28.0 Å². The number of esters is 1. The van der Waals surface area contributed by atoms with E-state index >= 15 is 0 Å². The SMILES string of the molecule is COC(=O)[C@H](Cc1cccc2c1CC[C@H]2n1c(=O)ccn(C)c1=O)NC(=O)c1c(F)cccc1F. The molecule has 0 saturated heterocycles. The van der Waals surface area contributed by atoms with Crippen molar-refractivity contribution in [2.24, 2.45) is 7.05 Å². The van der Waals surface area contributed by atoms with Crippen LogP contribution in [0.2, 0.25) is 0 Å². The minimum Gasteiger partial charge on any atom is -0.467 e. The molecule has 2 aromatic carbocycles. The number of carbonyl (C=O) groups is 2. The summed E-state index contributed by atoms with van der Waals surface area (Å²) in [5, 5.41) is 2.37. The second-order valence-corrected chi connectivity index (χ2v) is 8.31. The van der Waals surface area contributed by atoms with Crippen molar-refractivity contribution in [3.63, 3.8) is 0 Å². The van der Waals surface area contributed by atoms with Gasteiger partial charge in [-0.05, 0) is 41.7 Å². The first-order valence-electron chi connectivity index (χ1n) is 10.9. The van der Waals surface area contributed by atoms with E-state index < -0.39 is 52.4 Å². The lowest BCUT2D eigenvalue weighted by Gasteiger charge is -2.19. The number of rotatable bonds is 6. The van der Waals surface area contributed by atoms with Crippen molar-refractivity contribution in [3.8, 4) is 0 Å². The Labute approximate surface area is 198 Å². The van der Waals surface area contributed by atoms with Gasteiger partial charge in [0.25, 0.3) is 11.5 Å². The van der Waals surface area contributed by atoms with Gasteiger partial charge in [-0.3, -0.25) is 14.2 Å². The maximum absolute atomic E-state index is 14.1. The minimum absolute atomic E-state index is 0.00786. The molecule has 0 saturated carbocycles. The normalized spacial score (nSPS) is 15.4. The van der Waals surface area contributed by atoms with Crippen molar-refractivity contribution in [2.45, 2.75) is 31.3 Å². The number of hydrogen-bond donors (Lipinski definition) is 1. The summed E-state index contributed by atoms with van der Waals surface area (Å²) in [5.74, 6) is -3.97. The number of aryl methyl sites for hydroxylation is 1. The molecular formula is C25H23F2N3O5. The van der Waals surface area contributed by atoms with Crippen molar-refractivity contribution in [3.05, 3.63) is 103 Å². The van der Waals surface area contributed by atoms with E-state index in [-0.39, 0.29) is 6.42 Å². The lowest BCUT2D eigenvalue weighted by Crippen LogP contribution is -2.43. The average molecular weight is 483 g/mol. The molecule has 2 atom stereocenters. The van der Waals surface area contributed by atoms with Crippen LogP contribution in [0.25, 0.3) is 0 Å². The Balaban J connectivity index is 1.66. The van der Waals surface area contributed by atoms with Crippen molar-refractivity contribution in [2.75, 3.05) is 7.11 Å². The highest BCUT2D eigenvalue weighted by Crippen LogP contribution is 2.35. The van der Waals surface area contributed by atoms with E-state index in [1.165, 1.54) is 21.4 Å². The van der Waals surface area contributed by atoms with Crippen LogP contribution in [0, 0.1) is 11.6 Å². The highest BCUT2D eigenvalue weighted by Gasteiger charge is 2.31. The zero-order valence-electron chi connectivity index (χ0n) is 19.1. The summed E-state index contributed by atoms with van der Waals surface area (Å²) >= 11 is 0. The summed E-state index contributed by atoms with van der Waals surface area (Å²) in [7, 11) is 2.71. The fraction of sp³-hybridized carbons (Fsp3) is 0.280. The Morgan fingerprint density at radius 3 is 2.49 bits per heavy atom. The van der Waals surface area contributed by atoms with Crippen molar-refractivity contribution in [1.82, 2.24) is 14.5 Å². The number of carbonyl (C=O) groups excluding carboxylic acids is 2. The fourth-order valence-electron chi connectivity index (χ4n) is 4.54. The first-order valence-corrected chi connectivity index (χ1v) is 10.9. The predicted molar refractivity (Wildman–Crippen MR) is 122 cm³/mol. The Bertz CT molecular complexity index is 1410. The molecule has 0 spiro atoms. The van der Waals surface area contributed by atoms with Gasteiger partial charge in [-0.25, -0.2) is 18.4 Å². The molecule has 1 aliphatic rings. The van der Waals surface area contributed by atoms with Crippen LogP contribution in [-0.4, -0.2) is 34.2 Å². The molecule has 1 aromatic heterocycles. The molecule has 0 fully saturated rings. The van der Waals surface area contributed by atoms with E-state index in [1.54, 1.807) is 19.2 Å². The number of nitrogens with one attached hydrogen (secondary N) is 1. The molecule has 1 heterocycles. The topological polar surface area (TPSA) is 99.4 Å². The van der Waals surface area contributed by atoms with Crippen LogP contribution in [-0.2, 0) is 29.4 Å². The lowest BCUT2D eigenvalue weighted by atomic mass is 9.96. The van der Waals surface area contributed by atoms with Crippen molar-refractivity contribution in [1.29, 1.82) is 0 Å². The quantitative estimate of drug-likeness (QED) is 0.540. The Morgan fingerprint density at radius 2 is 1.80 bits per heavy atom. The Morgan fingerprint density at radius 1 is 1.11 bits per heavy atom. The summed E-state index contributed by atoms with van der Waals surface area (Å²) in [5.41, 5.74) is 0.656. The molecule has 4 rings (SSSR count). The van der Waals surface area contributed by atoms with Crippen LogP contribution in [0.1, 0.15) is 39.5 Å². The molecule has 0 unspecified atom stereocenters. The first-order chi connectivity index (χ1) is 16.7. The summed E-state index contributed by atoms with van der Waals surface area (Å²) < 4.78 is 35.5. The van der Waals surface area contributed by atoms with E-state index in [1.807, 2.05) is 6.07 Å². The molecule has 10 heteroatoms. The van der Waals surface area contributed by atoms with Gasteiger partial charge in [0.05, 0.1) is 13.2 Å². The van der Waals surface area contributed by atoms with E-state index in [2.05, 4.69) is 5.32 Å². The highest BCUT2D eigenvalue weighted by atomic mass is 19.1. The van der Waals surface area contributed by atoms with Gasteiger partial charge in [-0.15, -0.1) is 0 Å². The van der Waals surface area contributed by atoms with Gasteiger partial charge in [0.1, 0.15) is 23.2 Å². The van der Waals surface area contributed by atoms with Gasteiger partial charge in [-0.2, -0.15) is 0 Å².